The fourth-order valence-corrected chi connectivity index (χ4v) is 2.04. The van der Waals surface area contributed by atoms with E-state index in [1.807, 2.05) is 0 Å². The van der Waals surface area contributed by atoms with Crippen molar-refractivity contribution in [3.05, 3.63) is 15.9 Å². The van der Waals surface area contributed by atoms with Crippen molar-refractivity contribution in [1.82, 2.24) is 9.78 Å². The zero-order valence-electron chi connectivity index (χ0n) is 7.82. The van der Waals surface area contributed by atoms with Gasteiger partial charge in [0.15, 0.2) is 5.69 Å². The molecule has 80 valence electrons. The van der Waals surface area contributed by atoms with Gasteiger partial charge in [-0.2, -0.15) is 18.3 Å². The lowest BCUT2D eigenvalue weighted by Crippen LogP contribution is -2.08. The average molecular weight is 271 g/mol. The van der Waals surface area contributed by atoms with Crippen LogP contribution in [0.25, 0.3) is 0 Å². The number of nitrogens with zero attached hydrogens (tertiary/aromatic N) is 2. The van der Waals surface area contributed by atoms with Gasteiger partial charge in [0.25, 0.3) is 0 Å². The lowest BCUT2D eigenvalue weighted by atomic mass is 10.3. The van der Waals surface area contributed by atoms with Crippen LogP contribution < -0.4 is 0 Å². The Morgan fingerprint density at radius 3 is 2.21 bits per heavy atom. The Hall–Kier alpha value is -0.520. The molecule has 1 rings (SSSR count). The highest BCUT2D eigenvalue weighted by Gasteiger charge is 2.38. The van der Waals surface area contributed by atoms with Crippen LogP contribution in [0.15, 0.2) is 4.47 Å². The maximum atomic E-state index is 12.4. The van der Waals surface area contributed by atoms with Gasteiger partial charge in [-0.3, -0.25) is 4.68 Å². The molecule has 6 heteroatoms. The molecule has 0 saturated heterocycles. The van der Waals surface area contributed by atoms with Gasteiger partial charge in [0.05, 0.1) is 10.2 Å². The molecule has 0 N–H and O–H groups in total. The normalized spacial score (nSPS) is 12.1. The van der Waals surface area contributed by atoms with Crippen molar-refractivity contribution in [2.75, 3.05) is 0 Å². The lowest BCUT2D eigenvalue weighted by molar-refractivity contribution is -0.142. The van der Waals surface area contributed by atoms with Crippen molar-refractivity contribution in [2.45, 2.75) is 33.0 Å². The van der Waals surface area contributed by atoms with Gasteiger partial charge in [0, 0.05) is 6.54 Å². The molecule has 2 nitrogen and oxygen atoms in total. The number of aryl methyl sites for hydroxylation is 1. The third-order valence-electron chi connectivity index (χ3n) is 1.90. The van der Waals surface area contributed by atoms with Crippen LogP contribution in [-0.4, -0.2) is 9.78 Å². The number of rotatable bonds is 2. The summed E-state index contributed by atoms with van der Waals surface area (Å²) in [5, 5.41) is 3.52. The SMILES string of the molecule is CCc1c(Br)c(C(F)(F)F)nn1CC. The number of aromatic nitrogens is 2. The summed E-state index contributed by atoms with van der Waals surface area (Å²) >= 11 is 2.94. The zero-order valence-corrected chi connectivity index (χ0v) is 9.41. The molecule has 0 spiro atoms. The van der Waals surface area contributed by atoms with E-state index in [0.29, 0.717) is 18.7 Å². The van der Waals surface area contributed by atoms with E-state index in [1.54, 1.807) is 13.8 Å². The molecule has 0 aliphatic carbocycles. The fraction of sp³-hybridized carbons (Fsp3) is 0.625. The van der Waals surface area contributed by atoms with E-state index in [0.717, 1.165) is 0 Å². The number of hydrogen-bond acceptors (Lipinski definition) is 1. The molecular formula is C8H10BrF3N2. The lowest BCUT2D eigenvalue weighted by Gasteiger charge is -2.01. The molecule has 0 atom stereocenters. The van der Waals surface area contributed by atoms with Crippen molar-refractivity contribution < 1.29 is 13.2 Å². The Morgan fingerprint density at radius 1 is 1.36 bits per heavy atom. The summed E-state index contributed by atoms with van der Waals surface area (Å²) in [4.78, 5) is 0. The molecule has 0 aliphatic rings. The third kappa shape index (κ3) is 1.94. The van der Waals surface area contributed by atoms with Gasteiger partial charge in [0.1, 0.15) is 0 Å². The molecule has 1 aromatic rings. The van der Waals surface area contributed by atoms with Crippen molar-refractivity contribution in [2.24, 2.45) is 0 Å². The first-order valence-electron chi connectivity index (χ1n) is 4.24. The molecule has 0 bridgehead atoms. The minimum Gasteiger partial charge on any atom is -0.268 e. The van der Waals surface area contributed by atoms with Crippen LogP contribution in [0.5, 0.6) is 0 Å². The number of hydrogen-bond donors (Lipinski definition) is 0. The maximum Gasteiger partial charge on any atom is 0.436 e. The monoisotopic (exact) mass is 270 g/mol. The van der Waals surface area contributed by atoms with E-state index < -0.39 is 11.9 Å². The van der Waals surface area contributed by atoms with Crippen LogP contribution in [0, 0.1) is 0 Å². The highest BCUT2D eigenvalue weighted by atomic mass is 79.9. The second kappa shape index (κ2) is 3.92. The Balaban J connectivity index is 3.28. The van der Waals surface area contributed by atoms with Gasteiger partial charge in [-0.25, -0.2) is 0 Å². The first-order valence-corrected chi connectivity index (χ1v) is 5.03. The number of halogens is 4. The standard InChI is InChI=1S/C8H10BrF3N2/c1-3-5-6(9)7(8(10,11)12)13-14(5)4-2/h3-4H2,1-2H3. The smallest absolute Gasteiger partial charge is 0.268 e. The van der Waals surface area contributed by atoms with Crippen molar-refractivity contribution in [3.8, 4) is 0 Å². The van der Waals surface area contributed by atoms with E-state index in [2.05, 4.69) is 21.0 Å². The first-order chi connectivity index (χ1) is 6.41. The van der Waals surface area contributed by atoms with Crippen LogP contribution in [0.4, 0.5) is 13.2 Å². The zero-order chi connectivity index (χ0) is 10.9. The Morgan fingerprint density at radius 2 is 1.93 bits per heavy atom. The second-order valence-corrected chi connectivity index (χ2v) is 3.57. The predicted molar refractivity (Wildman–Crippen MR) is 50.0 cm³/mol. The summed E-state index contributed by atoms with van der Waals surface area (Å²) in [6.45, 7) is 4.00. The summed E-state index contributed by atoms with van der Waals surface area (Å²) in [6.07, 6.45) is -3.86. The highest BCUT2D eigenvalue weighted by molar-refractivity contribution is 9.10. The van der Waals surface area contributed by atoms with Crippen molar-refractivity contribution >= 4 is 15.9 Å². The Bertz CT molecular complexity index is 330. The van der Waals surface area contributed by atoms with Gasteiger partial charge < -0.3 is 0 Å². The minimum absolute atomic E-state index is 0.0642. The van der Waals surface area contributed by atoms with E-state index in [4.69, 9.17) is 0 Å². The molecule has 0 fully saturated rings. The Labute approximate surface area is 88.2 Å². The summed E-state index contributed by atoms with van der Waals surface area (Å²) in [7, 11) is 0. The van der Waals surface area contributed by atoms with Crippen LogP contribution in [0.2, 0.25) is 0 Å². The maximum absolute atomic E-state index is 12.4. The van der Waals surface area contributed by atoms with E-state index >= 15 is 0 Å². The van der Waals surface area contributed by atoms with Gasteiger partial charge in [-0.1, -0.05) is 6.92 Å². The van der Waals surface area contributed by atoms with Gasteiger partial charge >= 0.3 is 6.18 Å². The predicted octanol–water partition coefficient (Wildman–Crippen LogP) is 3.25. The minimum atomic E-state index is -4.39. The van der Waals surface area contributed by atoms with Gasteiger partial charge in [-0.15, -0.1) is 0 Å². The van der Waals surface area contributed by atoms with E-state index in [-0.39, 0.29) is 4.47 Å². The fourth-order valence-electron chi connectivity index (χ4n) is 1.26. The molecule has 0 amide bonds. The largest absolute Gasteiger partial charge is 0.436 e. The summed E-state index contributed by atoms with van der Waals surface area (Å²) < 4.78 is 38.7. The van der Waals surface area contributed by atoms with Crippen molar-refractivity contribution in [1.29, 1.82) is 0 Å². The van der Waals surface area contributed by atoms with Crippen LogP contribution in [0.1, 0.15) is 25.2 Å². The number of alkyl halides is 3. The van der Waals surface area contributed by atoms with Crippen LogP contribution in [0.3, 0.4) is 0 Å². The topological polar surface area (TPSA) is 17.8 Å². The van der Waals surface area contributed by atoms with Crippen LogP contribution >= 0.6 is 15.9 Å². The second-order valence-electron chi connectivity index (χ2n) is 2.78. The van der Waals surface area contributed by atoms with Gasteiger partial charge in [0.2, 0.25) is 0 Å². The van der Waals surface area contributed by atoms with Crippen LogP contribution in [-0.2, 0) is 19.1 Å². The molecule has 0 unspecified atom stereocenters. The molecule has 0 saturated carbocycles. The van der Waals surface area contributed by atoms with Crippen molar-refractivity contribution in [3.63, 3.8) is 0 Å². The molecule has 14 heavy (non-hydrogen) atoms. The summed E-state index contributed by atoms with van der Waals surface area (Å²) in [6, 6.07) is 0. The first kappa shape index (κ1) is 11.6. The highest BCUT2D eigenvalue weighted by Crippen LogP contribution is 2.35. The third-order valence-corrected chi connectivity index (χ3v) is 2.73. The Kier molecular flexibility index (Phi) is 3.24. The molecule has 1 heterocycles. The molecule has 0 aliphatic heterocycles. The summed E-state index contributed by atoms with van der Waals surface area (Å²) in [5.41, 5.74) is -0.254. The van der Waals surface area contributed by atoms with Gasteiger partial charge in [-0.05, 0) is 29.3 Å². The molecule has 0 aromatic carbocycles. The molecular weight excluding hydrogens is 261 g/mol. The quantitative estimate of drug-likeness (QED) is 0.807. The average Bonchev–Trinajstić information content (AvgIpc) is 2.40. The van der Waals surface area contributed by atoms with E-state index in [1.165, 1.54) is 4.68 Å². The van der Waals surface area contributed by atoms with E-state index in [9.17, 15) is 13.2 Å². The molecule has 1 aromatic heterocycles. The molecule has 0 radical (unpaired) electrons. The summed E-state index contributed by atoms with van der Waals surface area (Å²) in [5.74, 6) is 0.